The Kier molecular flexibility index (Phi) is 4.68. The van der Waals surface area contributed by atoms with Gasteiger partial charge in [-0.05, 0) is 42.9 Å². The van der Waals surface area contributed by atoms with E-state index in [1.54, 1.807) is 21.3 Å². The molecular formula is C17H25N3O3S. The lowest BCUT2D eigenvalue weighted by Crippen LogP contribution is -2.51. The van der Waals surface area contributed by atoms with Gasteiger partial charge in [0.2, 0.25) is 15.9 Å². The molecule has 0 bridgehead atoms. The van der Waals surface area contributed by atoms with E-state index in [1.165, 1.54) is 6.92 Å². The fourth-order valence-electron chi connectivity index (χ4n) is 3.84. The number of benzene rings is 1. The molecule has 1 aromatic rings. The standard InChI is InChI=1S/C17H25N3O3S/c1-12-4-3-8-20(17(12)11-18)24(22,23)15-6-5-14-7-9-19(13(2)21)16(14)10-15/h5-6,10,12,17H,3-4,7-9,11,18H2,1-2H3. The maximum absolute atomic E-state index is 13.1. The zero-order valence-electron chi connectivity index (χ0n) is 14.2. The van der Waals surface area contributed by atoms with Crippen molar-refractivity contribution in [3.63, 3.8) is 0 Å². The van der Waals surface area contributed by atoms with Crippen molar-refractivity contribution < 1.29 is 13.2 Å². The summed E-state index contributed by atoms with van der Waals surface area (Å²) in [6.45, 7) is 5.00. The third-order valence-corrected chi connectivity index (χ3v) is 7.17. The van der Waals surface area contributed by atoms with Crippen molar-refractivity contribution in [2.45, 2.75) is 44.0 Å². The molecule has 0 spiro atoms. The van der Waals surface area contributed by atoms with Crippen molar-refractivity contribution in [2.24, 2.45) is 11.7 Å². The van der Waals surface area contributed by atoms with Crippen molar-refractivity contribution in [1.29, 1.82) is 0 Å². The van der Waals surface area contributed by atoms with Crippen LogP contribution < -0.4 is 10.6 Å². The Hall–Kier alpha value is -1.44. The smallest absolute Gasteiger partial charge is 0.243 e. The fraction of sp³-hybridized carbons (Fsp3) is 0.588. The Bertz CT molecular complexity index is 747. The number of amides is 1. The highest BCUT2D eigenvalue weighted by Gasteiger charge is 2.37. The summed E-state index contributed by atoms with van der Waals surface area (Å²) in [5.74, 6) is 0.191. The Morgan fingerprint density at radius 3 is 2.75 bits per heavy atom. The van der Waals surface area contributed by atoms with Crippen LogP contribution in [0, 0.1) is 5.92 Å². The molecule has 2 atom stereocenters. The molecule has 0 aliphatic carbocycles. The largest absolute Gasteiger partial charge is 0.329 e. The number of carbonyl (C=O) groups excluding carboxylic acids is 1. The van der Waals surface area contributed by atoms with Crippen LogP contribution in [0.2, 0.25) is 0 Å². The fourth-order valence-corrected chi connectivity index (χ4v) is 5.63. The molecule has 0 saturated carbocycles. The molecule has 0 radical (unpaired) electrons. The summed E-state index contributed by atoms with van der Waals surface area (Å²) in [6, 6.07) is 4.97. The summed E-state index contributed by atoms with van der Waals surface area (Å²) in [5.41, 5.74) is 7.59. The number of fused-ring (bicyclic) bond motifs is 1. The summed E-state index contributed by atoms with van der Waals surface area (Å²) >= 11 is 0. The zero-order valence-corrected chi connectivity index (χ0v) is 15.1. The molecule has 2 aliphatic rings. The maximum Gasteiger partial charge on any atom is 0.243 e. The topological polar surface area (TPSA) is 83.7 Å². The van der Waals surface area contributed by atoms with Gasteiger partial charge in [0.05, 0.1) is 4.90 Å². The highest BCUT2D eigenvalue weighted by atomic mass is 32.2. The molecule has 0 aromatic heterocycles. The second-order valence-corrected chi connectivity index (χ2v) is 8.64. The molecule has 1 fully saturated rings. The van der Waals surface area contributed by atoms with E-state index in [9.17, 15) is 13.2 Å². The van der Waals surface area contributed by atoms with Gasteiger partial charge in [0, 0.05) is 38.3 Å². The van der Waals surface area contributed by atoms with Gasteiger partial charge in [-0.2, -0.15) is 4.31 Å². The minimum atomic E-state index is -3.61. The van der Waals surface area contributed by atoms with Crippen molar-refractivity contribution in [2.75, 3.05) is 24.5 Å². The number of nitrogens with two attached hydrogens (primary N) is 1. The monoisotopic (exact) mass is 351 g/mol. The molecule has 2 aliphatic heterocycles. The highest BCUT2D eigenvalue weighted by molar-refractivity contribution is 7.89. The zero-order chi connectivity index (χ0) is 17.5. The molecule has 132 valence electrons. The van der Waals surface area contributed by atoms with Crippen LogP contribution in [0.3, 0.4) is 0 Å². The molecule has 1 amide bonds. The van der Waals surface area contributed by atoms with E-state index in [4.69, 9.17) is 5.73 Å². The minimum absolute atomic E-state index is 0.0604. The number of sulfonamides is 1. The van der Waals surface area contributed by atoms with Gasteiger partial charge in [0.15, 0.2) is 0 Å². The average Bonchev–Trinajstić information content (AvgIpc) is 2.97. The molecule has 1 saturated heterocycles. The van der Waals surface area contributed by atoms with E-state index in [-0.39, 0.29) is 22.8 Å². The summed E-state index contributed by atoms with van der Waals surface area (Å²) < 4.78 is 27.8. The van der Waals surface area contributed by atoms with Crippen LogP contribution in [0.4, 0.5) is 5.69 Å². The molecule has 2 N–H and O–H groups in total. The van der Waals surface area contributed by atoms with Gasteiger partial charge in [-0.25, -0.2) is 8.42 Å². The van der Waals surface area contributed by atoms with E-state index in [0.29, 0.717) is 19.6 Å². The molecule has 1 aromatic carbocycles. The number of nitrogens with zero attached hydrogens (tertiary/aromatic N) is 2. The minimum Gasteiger partial charge on any atom is -0.329 e. The SMILES string of the molecule is CC(=O)N1CCc2ccc(S(=O)(=O)N3CCCC(C)C3CN)cc21. The van der Waals surface area contributed by atoms with Gasteiger partial charge >= 0.3 is 0 Å². The molecular weight excluding hydrogens is 326 g/mol. The number of carbonyl (C=O) groups is 1. The van der Waals surface area contributed by atoms with Crippen LogP contribution in [0.1, 0.15) is 32.3 Å². The number of hydrogen-bond donors (Lipinski definition) is 1. The quantitative estimate of drug-likeness (QED) is 0.891. The lowest BCUT2D eigenvalue weighted by Gasteiger charge is -2.38. The van der Waals surface area contributed by atoms with E-state index in [2.05, 4.69) is 6.92 Å². The van der Waals surface area contributed by atoms with Crippen LogP contribution in [0.25, 0.3) is 0 Å². The molecule has 2 unspecified atom stereocenters. The normalized spacial score (nSPS) is 24.9. The number of rotatable bonds is 3. The maximum atomic E-state index is 13.1. The van der Waals surface area contributed by atoms with Gasteiger partial charge < -0.3 is 10.6 Å². The average molecular weight is 351 g/mol. The van der Waals surface area contributed by atoms with Crippen molar-refractivity contribution >= 4 is 21.6 Å². The van der Waals surface area contributed by atoms with Crippen LogP contribution in [0.15, 0.2) is 23.1 Å². The molecule has 3 rings (SSSR count). The van der Waals surface area contributed by atoms with Crippen LogP contribution in [-0.2, 0) is 21.2 Å². The van der Waals surface area contributed by atoms with E-state index in [1.807, 2.05) is 6.07 Å². The highest BCUT2D eigenvalue weighted by Crippen LogP contribution is 2.34. The third kappa shape index (κ3) is 2.85. The number of anilines is 1. The third-order valence-electron chi connectivity index (χ3n) is 5.25. The van der Waals surface area contributed by atoms with Gasteiger partial charge in [-0.1, -0.05) is 13.0 Å². The lowest BCUT2D eigenvalue weighted by atomic mass is 9.93. The van der Waals surface area contributed by atoms with Crippen molar-refractivity contribution in [3.05, 3.63) is 23.8 Å². The Morgan fingerprint density at radius 1 is 1.33 bits per heavy atom. The van der Waals surface area contributed by atoms with Crippen molar-refractivity contribution in [1.82, 2.24) is 4.31 Å². The van der Waals surface area contributed by atoms with Crippen LogP contribution >= 0.6 is 0 Å². The molecule has 6 nitrogen and oxygen atoms in total. The second-order valence-electron chi connectivity index (χ2n) is 6.75. The summed E-state index contributed by atoms with van der Waals surface area (Å²) in [6.07, 6.45) is 2.61. The predicted octanol–water partition coefficient (Wildman–Crippen LogP) is 1.34. The number of hydrogen-bond acceptors (Lipinski definition) is 4. The van der Waals surface area contributed by atoms with Crippen molar-refractivity contribution in [3.8, 4) is 0 Å². The Morgan fingerprint density at radius 2 is 2.08 bits per heavy atom. The molecule has 24 heavy (non-hydrogen) atoms. The van der Waals surface area contributed by atoms with Gasteiger partial charge in [0.1, 0.15) is 0 Å². The summed E-state index contributed by atoms with van der Waals surface area (Å²) in [4.78, 5) is 13.7. The first-order valence-electron chi connectivity index (χ1n) is 8.49. The Labute approximate surface area is 143 Å². The molecule has 2 heterocycles. The lowest BCUT2D eigenvalue weighted by molar-refractivity contribution is -0.116. The Balaban J connectivity index is 1.99. The first kappa shape index (κ1) is 17.4. The van der Waals surface area contributed by atoms with Crippen LogP contribution in [-0.4, -0.2) is 44.3 Å². The summed E-state index contributed by atoms with van der Waals surface area (Å²) in [7, 11) is -3.61. The number of piperidine rings is 1. The van der Waals surface area contributed by atoms with Gasteiger partial charge in [-0.15, -0.1) is 0 Å². The van der Waals surface area contributed by atoms with Crippen LogP contribution in [0.5, 0.6) is 0 Å². The second kappa shape index (κ2) is 6.46. The van der Waals surface area contributed by atoms with E-state index >= 15 is 0 Å². The molecule has 7 heteroatoms. The first-order chi connectivity index (χ1) is 11.4. The predicted molar refractivity (Wildman–Crippen MR) is 93.3 cm³/mol. The summed E-state index contributed by atoms with van der Waals surface area (Å²) in [5, 5.41) is 0. The first-order valence-corrected chi connectivity index (χ1v) is 9.93. The van der Waals surface area contributed by atoms with E-state index < -0.39 is 10.0 Å². The van der Waals surface area contributed by atoms with Gasteiger partial charge in [0.25, 0.3) is 0 Å². The van der Waals surface area contributed by atoms with E-state index in [0.717, 1.165) is 30.5 Å². The van der Waals surface area contributed by atoms with Gasteiger partial charge in [-0.3, -0.25) is 4.79 Å².